The van der Waals surface area contributed by atoms with Gasteiger partial charge in [-0.1, -0.05) is 6.42 Å². The van der Waals surface area contributed by atoms with Crippen LogP contribution in [-0.2, 0) is 6.54 Å². The zero-order valence-corrected chi connectivity index (χ0v) is 10.0. The van der Waals surface area contributed by atoms with Crippen molar-refractivity contribution in [3.8, 4) is 0 Å². The number of pyridine rings is 1. The van der Waals surface area contributed by atoms with E-state index >= 15 is 0 Å². The molecule has 2 heterocycles. The van der Waals surface area contributed by atoms with Gasteiger partial charge in [-0.25, -0.2) is 0 Å². The molecule has 0 aliphatic carbocycles. The largest absolute Gasteiger partial charge is 0.313 e. The summed E-state index contributed by atoms with van der Waals surface area (Å²) in [5.74, 6) is 0. The summed E-state index contributed by atoms with van der Waals surface area (Å²) in [4.78, 5) is 6.42. The van der Waals surface area contributed by atoms with E-state index in [2.05, 4.69) is 34.4 Å². The smallest absolute Gasteiger partial charge is 0.0271 e. The lowest BCUT2D eigenvalue weighted by Gasteiger charge is -2.28. The Bertz CT molecular complexity index is 293. The fourth-order valence-corrected chi connectivity index (χ4v) is 2.32. The lowest BCUT2D eigenvalue weighted by Crippen LogP contribution is -2.42. The Hall–Kier alpha value is -0.930. The Labute approximate surface area is 97.9 Å². The van der Waals surface area contributed by atoms with E-state index in [4.69, 9.17) is 0 Å². The molecule has 1 aliphatic rings. The molecular formula is C13H21N3. The van der Waals surface area contributed by atoms with Crippen LogP contribution in [-0.4, -0.2) is 36.1 Å². The standard InChI is InChI=1S/C13H21N3/c1-16(10-12-5-8-14-9-6-12)11-13-4-2-3-7-15-13/h5-6,8-9,13,15H,2-4,7,10-11H2,1H3/t13-/m1/s1. The number of rotatable bonds is 4. The molecule has 0 saturated carbocycles. The van der Waals surface area contributed by atoms with Crippen LogP contribution in [0.5, 0.6) is 0 Å². The Kier molecular flexibility index (Phi) is 4.31. The van der Waals surface area contributed by atoms with Crippen LogP contribution in [0.2, 0.25) is 0 Å². The number of aromatic nitrogens is 1. The maximum atomic E-state index is 4.04. The van der Waals surface area contributed by atoms with Crippen LogP contribution < -0.4 is 5.32 Å². The van der Waals surface area contributed by atoms with Crippen molar-refractivity contribution in [3.63, 3.8) is 0 Å². The van der Waals surface area contributed by atoms with E-state index in [9.17, 15) is 0 Å². The first-order valence-corrected chi connectivity index (χ1v) is 6.15. The number of piperidine rings is 1. The van der Waals surface area contributed by atoms with Crippen LogP contribution in [0, 0.1) is 0 Å². The third kappa shape index (κ3) is 3.58. The summed E-state index contributed by atoms with van der Waals surface area (Å²) in [6, 6.07) is 4.86. The van der Waals surface area contributed by atoms with Gasteiger partial charge in [0.15, 0.2) is 0 Å². The van der Waals surface area contributed by atoms with E-state index in [0.717, 1.165) is 13.1 Å². The van der Waals surface area contributed by atoms with Gasteiger partial charge in [0.2, 0.25) is 0 Å². The van der Waals surface area contributed by atoms with E-state index in [1.54, 1.807) is 0 Å². The van der Waals surface area contributed by atoms with E-state index in [-0.39, 0.29) is 0 Å². The molecule has 3 nitrogen and oxygen atoms in total. The average molecular weight is 219 g/mol. The topological polar surface area (TPSA) is 28.2 Å². The predicted octanol–water partition coefficient (Wildman–Crippen LogP) is 1.66. The third-order valence-corrected chi connectivity index (χ3v) is 3.15. The number of hydrogen-bond donors (Lipinski definition) is 1. The molecule has 0 aromatic carbocycles. The first kappa shape index (κ1) is 11.6. The summed E-state index contributed by atoms with van der Waals surface area (Å²) in [5.41, 5.74) is 1.34. The van der Waals surface area contributed by atoms with Crippen molar-refractivity contribution < 1.29 is 0 Å². The molecule has 1 saturated heterocycles. The van der Waals surface area contributed by atoms with Crippen LogP contribution in [0.15, 0.2) is 24.5 Å². The molecule has 1 aromatic rings. The lowest BCUT2D eigenvalue weighted by molar-refractivity contribution is 0.256. The maximum absolute atomic E-state index is 4.04. The summed E-state index contributed by atoms with van der Waals surface area (Å²) < 4.78 is 0. The Morgan fingerprint density at radius 1 is 1.38 bits per heavy atom. The quantitative estimate of drug-likeness (QED) is 0.834. The highest BCUT2D eigenvalue weighted by Gasteiger charge is 2.14. The van der Waals surface area contributed by atoms with Crippen molar-refractivity contribution in [2.75, 3.05) is 20.1 Å². The zero-order valence-electron chi connectivity index (χ0n) is 10.0. The van der Waals surface area contributed by atoms with Gasteiger partial charge in [0.25, 0.3) is 0 Å². The molecule has 0 bridgehead atoms. The number of nitrogens with one attached hydrogen (secondary N) is 1. The van der Waals surface area contributed by atoms with Crippen molar-refractivity contribution in [1.82, 2.24) is 15.2 Å². The van der Waals surface area contributed by atoms with Gasteiger partial charge in [-0.15, -0.1) is 0 Å². The molecule has 2 rings (SSSR count). The molecule has 1 fully saturated rings. The van der Waals surface area contributed by atoms with Crippen molar-refractivity contribution in [2.24, 2.45) is 0 Å². The summed E-state index contributed by atoms with van der Waals surface area (Å²) in [5, 5.41) is 3.58. The number of nitrogens with zero attached hydrogens (tertiary/aromatic N) is 2. The van der Waals surface area contributed by atoms with Gasteiger partial charge < -0.3 is 10.2 Å². The van der Waals surface area contributed by atoms with Gasteiger partial charge in [0.1, 0.15) is 0 Å². The summed E-state index contributed by atoms with van der Waals surface area (Å²) in [6.07, 6.45) is 7.76. The van der Waals surface area contributed by atoms with Crippen molar-refractivity contribution in [3.05, 3.63) is 30.1 Å². The van der Waals surface area contributed by atoms with Crippen LogP contribution in [0.25, 0.3) is 0 Å². The van der Waals surface area contributed by atoms with Gasteiger partial charge in [0, 0.05) is 31.5 Å². The molecular weight excluding hydrogens is 198 g/mol. The second kappa shape index (κ2) is 5.97. The molecule has 1 atom stereocenters. The maximum Gasteiger partial charge on any atom is 0.0271 e. The average Bonchev–Trinajstić information content (AvgIpc) is 2.31. The highest BCUT2D eigenvalue weighted by molar-refractivity contribution is 5.09. The minimum absolute atomic E-state index is 0.681. The van der Waals surface area contributed by atoms with Gasteiger partial charge in [-0.05, 0) is 44.1 Å². The fraction of sp³-hybridized carbons (Fsp3) is 0.615. The van der Waals surface area contributed by atoms with Gasteiger partial charge in [0.05, 0.1) is 0 Å². The monoisotopic (exact) mass is 219 g/mol. The molecule has 0 radical (unpaired) electrons. The summed E-state index contributed by atoms with van der Waals surface area (Å²) in [6.45, 7) is 3.34. The van der Waals surface area contributed by atoms with Gasteiger partial charge in [-0.3, -0.25) is 4.98 Å². The normalized spacial score (nSPS) is 21.2. The molecule has 1 aliphatic heterocycles. The van der Waals surface area contributed by atoms with E-state index in [0.29, 0.717) is 6.04 Å². The Morgan fingerprint density at radius 3 is 2.88 bits per heavy atom. The minimum Gasteiger partial charge on any atom is -0.313 e. The van der Waals surface area contributed by atoms with Crippen LogP contribution in [0.4, 0.5) is 0 Å². The first-order valence-electron chi connectivity index (χ1n) is 6.15. The van der Waals surface area contributed by atoms with Crippen LogP contribution in [0.3, 0.4) is 0 Å². The van der Waals surface area contributed by atoms with E-state index in [1.807, 2.05) is 12.4 Å². The van der Waals surface area contributed by atoms with E-state index in [1.165, 1.54) is 31.4 Å². The van der Waals surface area contributed by atoms with Gasteiger partial charge >= 0.3 is 0 Å². The summed E-state index contributed by atoms with van der Waals surface area (Å²) >= 11 is 0. The van der Waals surface area contributed by atoms with Gasteiger partial charge in [-0.2, -0.15) is 0 Å². The highest BCUT2D eigenvalue weighted by Crippen LogP contribution is 2.09. The number of hydrogen-bond acceptors (Lipinski definition) is 3. The summed E-state index contributed by atoms with van der Waals surface area (Å²) in [7, 11) is 2.19. The highest BCUT2D eigenvalue weighted by atomic mass is 15.1. The van der Waals surface area contributed by atoms with Crippen molar-refractivity contribution in [1.29, 1.82) is 0 Å². The predicted molar refractivity (Wildman–Crippen MR) is 66.2 cm³/mol. The molecule has 0 amide bonds. The molecule has 0 unspecified atom stereocenters. The molecule has 1 aromatic heterocycles. The lowest BCUT2D eigenvalue weighted by atomic mass is 10.0. The van der Waals surface area contributed by atoms with Crippen molar-refractivity contribution in [2.45, 2.75) is 31.8 Å². The third-order valence-electron chi connectivity index (χ3n) is 3.15. The fourth-order valence-electron chi connectivity index (χ4n) is 2.32. The van der Waals surface area contributed by atoms with Crippen molar-refractivity contribution >= 4 is 0 Å². The molecule has 1 N–H and O–H groups in total. The number of likely N-dealkylation sites (N-methyl/N-ethyl adjacent to an activating group) is 1. The molecule has 88 valence electrons. The molecule has 0 spiro atoms. The molecule has 16 heavy (non-hydrogen) atoms. The van der Waals surface area contributed by atoms with Crippen LogP contribution in [0.1, 0.15) is 24.8 Å². The molecule has 3 heteroatoms. The second-order valence-electron chi connectivity index (χ2n) is 4.70. The van der Waals surface area contributed by atoms with Crippen LogP contribution >= 0.6 is 0 Å². The zero-order chi connectivity index (χ0) is 11.2. The SMILES string of the molecule is CN(Cc1ccncc1)C[C@H]1CCCCN1. The Balaban J connectivity index is 1.77. The Morgan fingerprint density at radius 2 is 2.19 bits per heavy atom. The second-order valence-corrected chi connectivity index (χ2v) is 4.70. The minimum atomic E-state index is 0.681. The van der Waals surface area contributed by atoms with E-state index < -0.39 is 0 Å². The first-order chi connectivity index (χ1) is 7.84.